The quantitative estimate of drug-likeness (QED) is 0.268. The van der Waals surface area contributed by atoms with E-state index in [1.807, 2.05) is 31.2 Å². The van der Waals surface area contributed by atoms with Crippen LogP contribution in [0.25, 0.3) is 0 Å². The monoisotopic (exact) mass is 463 g/mol. The molecule has 1 heterocycles. The lowest BCUT2D eigenvalue weighted by atomic mass is 9.85. The van der Waals surface area contributed by atoms with Crippen molar-refractivity contribution in [2.45, 2.75) is 79.4 Å². The summed E-state index contributed by atoms with van der Waals surface area (Å²) < 4.78 is 7.36. The molecule has 7 heteroatoms. The number of oxime groups is 1. The molecule has 0 aliphatic heterocycles. The molecule has 0 radical (unpaired) electrons. The Morgan fingerprint density at radius 1 is 0.912 bits per heavy atom. The van der Waals surface area contributed by atoms with E-state index in [1.54, 1.807) is 11.7 Å². The Morgan fingerprint density at radius 3 is 2.03 bits per heavy atom. The number of tetrazole rings is 1. The van der Waals surface area contributed by atoms with Crippen LogP contribution in [-0.2, 0) is 25.1 Å². The number of benzene rings is 2. The topological polar surface area (TPSA) is 74.4 Å². The minimum atomic E-state index is 0.311. The first-order chi connectivity index (χ1) is 16.2. The van der Waals surface area contributed by atoms with Gasteiger partial charge in [-0.3, -0.25) is 0 Å². The summed E-state index contributed by atoms with van der Waals surface area (Å²) in [5.41, 5.74) is 7.14. The number of rotatable bonds is 10. The summed E-state index contributed by atoms with van der Waals surface area (Å²) in [5.74, 6) is 2.75. The fourth-order valence-electron chi connectivity index (χ4n) is 3.83. The predicted molar refractivity (Wildman–Crippen MR) is 135 cm³/mol. The van der Waals surface area contributed by atoms with Gasteiger partial charge in [-0.05, 0) is 87.2 Å². The van der Waals surface area contributed by atoms with Crippen LogP contribution in [-0.4, -0.2) is 25.9 Å². The second-order valence-corrected chi connectivity index (χ2v) is 9.62. The van der Waals surface area contributed by atoms with Crippen LogP contribution in [0.5, 0.6) is 5.75 Å². The highest BCUT2D eigenvalue weighted by molar-refractivity contribution is 5.98. The van der Waals surface area contributed by atoms with E-state index < -0.39 is 0 Å². The largest absolute Gasteiger partial charge is 0.486 e. The van der Waals surface area contributed by atoms with Crippen LogP contribution in [0.2, 0.25) is 0 Å². The maximum Gasteiger partial charge on any atom is 0.188 e. The summed E-state index contributed by atoms with van der Waals surface area (Å²) in [6.45, 7) is 16.2. The molecule has 182 valence electrons. The lowest BCUT2D eigenvalue weighted by Gasteiger charge is -2.22. The molecule has 0 amide bonds. The minimum absolute atomic E-state index is 0.311. The zero-order valence-corrected chi connectivity index (χ0v) is 21.7. The van der Waals surface area contributed by atoms with Crippen molar-refractivity contribution in [2.75, 3.05) is 0 Å². The highest BCUT2D eigenvalue weighted by Crippen LogP contribution is 2.32. The average Bonchev–Trinajstić information content (AvgIpc) is 3.21. The van der Waals surface area contributed by atoms with Crippen LogP contribution >= 0.6 is 0 Å². The SMILES string of the molecule is CC(=NOCc1c(C(C)C)cc(C(C)C)cc1C(C)C)c1ccc(OCc2nnnn2C)cc1. The molecule has 0 aliphatic carbocycles. The molecule has 0 saturated heterocycles. The molecule has 0 spiro atoms. The Kier molecular flexibility index (Phi) is 8.42. The zero-order valence-electron chi connectivity index (χ0n) is 21.7. The van der Waals surface area contributed by atoms with Crippen molar-refractivity contribution in [3.8, 4) is 5.75 Å². The summed E-state index contributed by atoms with van der Waals surface area (Å²) >= 11 is 0. The van der Waals surface area contributed by atoms with Crippen molar-refractivity contribution in [3.05, 3.63) is 70.0 Å². The molecular weight excluding hydrogens is 426 g/mol. The van der Waals surface area contributed by atoms with Gasteiger partial charge in [0.2, 0.25) is 0 Å². The summed E-state index contributed by atoms with van der Waals surface area (Å²) in [7, 11) is 1.79. The van der Waals surface area contributed by atoms with Crippen LogP contribution in [0.15, 0.2) is 41.6 Å². The fraction of sp³-hybridized carbons (Fsp3) is 0.481. The van der Waals surface area contributed by atoms with Crippen LogP contribution in [0, 0.1) is 0 Å². The summed E-state index contributed by atoms with van der Waals surface area (Å²) in [6, 6.07) is 12.5. The van der Waals surface area contributed by atoms with Gasteiger partial charge in [-0.1, -0.05) is 58.8 Å². The van der Waals surface area contributed by atoms with Gasteiger partial charge in [0, 0.05) is 7.05 Å². The van der Waals surface area contributed by atoms with E-state index in [2.05, 4.69) is 74.4 Å². The number of ether oxygens (including phenoxy) is 1. The van der Waals surface area contributed by atoms with E-state index in [9.17, 15) is 0 Å². The number of hydrogen-bond acceptors (Lipinski definition) is 6. The molecule has 0 unspecified atom stereocenters. The number of hydrogen-bond donors (Lipinski definition) is 0. The standard InChI is InChI=1S/C27H37N5O2/c1-17(2)22-13-24(18(3)4)26(25(14-22)19(5)6)15-34-29-20(7)21-9-11-23(12-10-21)33-16-27-28-30-31-32(27)8/h9-14,17-19H,15-16H2,1-8H3. The molecule has 0 N–H and O–H groups in total. The molecule has 2 aromatic carbocycles. The molecule has 7 nitrogen and oxygen atoms in total. The van der Waals surface area contributed by atoms with Crippen molar-refractivity contribution in [1.82, 2.24) is 20.2 Å². The van der Waals surface area contributed by atoms with E-state index in [0.717, 1.165) is 17.0 Å². The zero-order chi connectivity index (χ0) is 24.8. The maximum atomic E-state index is 5.89. The summed E-state index contributed by atoms with van der Waals surface area (Å²) in [4.78, 5) is 5.89. The van der Waals surface area contributed by atoms with Crippen molar-refractivity contribution in [3.63, 3.8) is 0 Å². The third kappa shape index (κ3) is 6.22. The second-order valence-electron chi connectivity index (χ2n) is 9.62. The first-order valence-electron chi connectivity index (χ1n) is 11.9. The highest BCUT2D eigenvalue weighted by atomic mass is 16.6. The van der Waals surface area contributed by atoms with E-state index in [-0.39, 0.29) is 0 Å². The Balaban J connectivity index is 1.70. The average molecular weight is 464 g/mol. The van der Waals surface area contributed by atoms with E-state index in [0.29, 0.717) is 36.8 Å². The molecule has 1 aromatic heterocycles. The number of aromatic nitrogens is 4. The molecular formula is C27H37N5O2. The molecule has 0 saturated carbocycles. The predicted octanol–water partition coefficient (Wildman–Crippen LogP) is 6.10. The molecule has 0 aliphatic rings. The molecule has 0 atom stereocenters. The molecule has 3 aromatic rings. The summed E-state index contributed by atoms with van der Waals surface area (Å²) in [5, 5.41) is 15.8. The van der Waals surface area contributed by atoms with Gasteiger partial charge in [0.05, 0.1) is 5.71 Å². The van der Waals surface area contributed by atoms with Crippen molar-refractivity contribution >= 4 is 5.71 Å². The van der Waals surface area contributed by atoms with Gasteiger partial charge in [0.1, 0.15) is 19.0 Å². The molecule has 3 rings (SSSR count). The third-order valence-electron chi connectivity index (χ3n) is 6.01. The molecule has 0 fully saturated rings. The van der Waals surface area contributed by atoms with Gasteiger partial charge < -0.3 is 9.57 Å². The van der Waals surface area contributed by atoms with Crippen molar-refractivity contribution < 1.29 is 9.57 Å². The molecule has 34 heavy (non-hydrogen) atoms. The molecule has 0 bridgehead atoms. The normalized spacial score (nSPS) is 12.1. The first kappa shape index (κ1) is 25.4. The van der Waals surface area contributed by atoms with E-state index >= 15 is 0 Å². The van der Waals surface area contributed by atoms with Crippen molar-refractivity contribution in [2.24, 2.45) is 12.2 Å². The van der Waals surface area contributed by atoms with Crippen molar-refractivity contribution in [1.29, 1.82) is 0 Å². The van der Waals surface area contributed by atoms with Gasteiger partial charge in [0.25, 0.3) is 0 Å². The van der Waals surface area contributed by atoms with Gasteiger partial charge in [-0.2, -0.15) is 0 Å². The van der Waals surface area contributed by atoms with Gasteiger partial charge in [-0.25, -0.2) is 4.68 Å². The van der Waals surface area contributed by atoms with Crippen LogP contribution in [0.4, 0.5) is 0 Å². The van der Waals surface area contributed by atoms with Gasteiger partial charge in [0.15, 0.2) is 5.82 Å². The Bertz CT molecular complexity index is 1090. The first-order valence-corrected chi connectivity index (χ1v) is 11.9. The second kappa shape index (κ2) is 11.3. The lowest BCUT2D eigenvalue weighted by Crippen LogP contribution is -2.08. The van der Waals surface area contributed by atoms with Crippen LogP contribution < -0.4 is 4.74 Å². The highest BCUT2D eigenvalue weighted by Gasteiger charge is 2.17. The Morgan fingerprint density at radius 2 is 1.53 bits per heavy atom. The number of nitrogens with zero attached hydrogens (tertiary/aromatic N) is 5. The summed E-state index contributed by atoms with van der Waals surface area (Å²) in [6.07, 6.45) is 0. The fourth-order valence-corrected chi connectivity index (χ4v) is 3.83. The van der Waals surface area contributed by atoms with Crippen LogP contribution in [0.3, 0.4) is 0 Å². The third-order valence-corrected chi connectivity index (χ3v) is 6.01. The Labute approximate surface area is 203 Å². The Hall–Kier alpha value is -3.22. The lowest BCUT2D eigenvalue weighted by molar-refractivity contribution is 0.129. The minimum Gasteiger partial charge on any atom is -0.486 e. The van der Waals surface area contributed by atoms with Gasteiger partial charge >= 0.3 is 0 Å². The van der Waals surface area contributed by atoms with Gasteiger partial charge in [-0.15, -0.1) is 5.10 Å². The maximum absolute atomic E-state index is 5.89. The van der Waals surface area contributed by atoms with E-state index in [1.165, 1.54) is 22.3 Å². The van der Waals surface area contributed by atoms with E-state index in [4.69, 9.17) is 9.57 Å². The smallest absolute Gasteiger partial charge is 0.188 e. The number of aryl methyl sites for hydroxylation is 1. The van der Waals surface area contributed by atoms with Crippen LogP contribution in [0.1, 0.15) is 99.9 Å².